The zero-order chi connectivity index (χ0) is 22.0. The summed E-state index contributed by atoms with van der Waals surface area (Å²) in [6, 6.07) is 15.4. The van der Waals surface area contributed by atoms with E-state index in [0.717, 1.165) is 22.3 Å². The average molecular weight is 422 g/mol. The first-order chi connectivity index (χ1) is 14.9. The molecule has 0 aromatic heterocycles. The van der Waals surface area contributed by atoms with Crippen LogP contribution in [0.1, 0.15) is 43.2 Å². The van der Waals surface area contributed by atoms with Gasteiger partial charge in [-0.25, -0.2) is 4.79 Å². The van der Waals surface area contributed by atoms with E-state index in [1.54, 1.807) is 6.92 Å². The van der Waals surface area contributed by atoms with Gasteiger partial charge in [0.2, 0.25) is 5.91 Å². The summed E-state index contributed by atoms with van der Waals surface area (Å²) in [4.78, 5) is 36.1. The molecule has 2 aromatic carbocycles. The van der Waals surface area contributed by atoms with E-state index in [4.69, 9.17) is 4.74 Å². The number of amides is 2. The Bertz CT molecular complexity index is 969. The van der Waals surface area contributed by atoms with Crippen molar-refractivity contribution < 1.29 is 24.2 Å². The van der Waals surface area contributed by atoms with Gasteiger partial charge in [0.15, 0.2) is 0 Å². The lowest BCUT2D eigenvalue weighted by Crippen LogP contribution is -2.48. The average Bonchev–Trinajstić information content (AvgIpc) is 3.52. The highest BCUT2D eigenvalue weighted by atomic mass is 16.5. The van der Waals surface area contributed by atoms with Gasteiger partial charge in [-0.3, -0.25) is 9.59 Å². The van der Waals surface area contributed by atoms with Gasteiger partial charge in [0, 0.05) is 12.5 Å². The van der Waals surface area contributed by atoms with Gasteiger partial charge in [0.25, 0.3) is 0 Å². The number of nitrogens with one attached hydrogen (secondary N) is 2. The molecule has 4 rings (SSSR count). The van der Waals surface area contributed by atoms with Crippen LogP contribution in [0.5, 0.6) is 0 Å². The van der Waals surface area contributed by atoms with Crippen LogP contribution in [0.2, 0.25) is 0 Å². The fraction of sp³-hybridized carbons (Fsp3) is 0.375. The third kappa shape index (κ3) is 4.13. The Balaban J connectivity index is 1.34. The number of ether oxygens (including phenoxy) is 1. The molecule has 2 aromatic rings. The van der Waals surface area contributed by atoms with Crippen molar-refractivity contribution >= 4 is 18.0 Å². The van der Waals surface area contributed by atoms with Crippen LogP contribution in [-0.2, 0) is 14.3 Å². The van der Waals surface area contributed by atoms with Crippen molar-refractivity contribution in [2.24, 2.45) is 5.41 Å². The van der Waals surface area contributed by atoms with Gasteiger partial charge in [-0.15, -0.1) is 0 Å². The van der Waals surface area contributed by atoms with E-state index in [2.05, 4.69) is 22.8 Å². The van der Waals surface area contributed by atoms with Crippen LogP contribution in [0.3, 0.4) is 0 Å². The Kier molecular flexibility index (Phi) is 5.67. The summed E-state index contributed by atoms with van der Waals surface area (Å²) in [5.41, 5.74) is 3.67. The number of carboxylic acid groups (broad SMARTS) is 1. The Morgan fingerprint density at radius 1 is 1.06 bits per heavy atom. The number of rotatable bonds is 8. The van der Waals surface area contributed by atoms with Crippen LogP contribution in [0.15, 0.2) is 48.5 Å². The number of carbonyl (C=O) groups excluding carboxylic acids is 2. The van der Waals surface area contributed by atoms with E-state index in [9.17, 15) is 19.5 Å². The van der Waals surface area contributed by atoms with Crippen LogP contribution in [0, 0.1) is 5.41 Å². The smallest absolute Gasteiger partial charge is 0.407 e. The minimum Gasteiger partial charge on any atom is -0.481 e. The van der Waals surface area contributed by atoms with Gasteiger partial charge < -0.3 is 20.5 Å². The zero-order valence-corrected chi connectivity index (χ0v) is 17.4. The van der Waals surface area contributed by atoms with E-state index < -0.39 is 29.4 Å². The van der Waals surface area contributed by atoms with Crippen molar-refractivity contribution in [1.29, 1.82) is 0 Å². The molecular formula is C24H26N2O5. The van der Waals surface area contributed by atoms with Crippen LogP contribution < -0.4 is 10.6 Å². The molecule has 0 unspecified atom stereocenters. The Hall–Kier alpha value is -3.35. The van der Waals surface area contributed by atoms with E-state index in [-0.39, 0.29) is 19.1 Å². The molecule has 1 fully saturated rings. The van der Waals surface area contributed by atoms with Gasteiger partial charge >= 0.3 is 12.1 Å². The third-order valence-corrected chi connectivity index (χ3v) is 6.27. The van der Waals surface area contributed by atoms with Crippen molar-refractivity contribution in [1.82, 2.24) is 10.6 Å². The van der Waals surface area contributed by atoms with Gasteiger partial charge in [0.1, 0.15) is 12.6 Å². The normalized spacial score (nSPS) is 16.5. The highest BCUT2D eigenvalue weighted by molar-refractivity contribution is 5.87. The molecular weight excluding hydrogens is 396 g/mol. The van der Waals surface area contributed by atoms with Crippen molar-refractivity contribution in [3.05, 3.63) is 59.7 Å². The molecule has 3 N–H and O–H groups in total. The fourth-order valence-corrected chi connectivity index (χ4v) is 4.13. The molecule has 0 heterocycles. The quantitative estimate of drug-likeness (QED) is 0.606. The lowest BCUT2D eigenvalue weighted by molar-refractivity contribution is -0.143. The maximum atomic E-state index is 12.4. The van der Waals surface area contributed by atoms with Crippen molar-refractivity contribution in [2.75, 3.05) is 13.2 Å². The number of carboxylic acids is 1. The number of alkyl carbamates (subject to hydrolysis) is 1. The monoisotopic (exact) mass is 422 g/mol. The maximum absolute atomic E-state index is 12.4. The minimum absolute atomic E-state index is 0.0580. The molecule has 2 aliphatic carbocycles. The van der Waals surface area contributed by atoms with E-state index in [1.165, 1.54) is 0 Å². The first kappa shape index (κ1) is 20.9. The minimum atomic E-state index is -0.898. The van der Waals surface area contributed by atoms with Gasteiger partial charge in [-0.1, -0.05) is 55.5 Å². The molecule has 162 valence electrons. The second kappa shape index (κ2) is 8.41. The molecule has 0 bridgehead atoms. The molecule has 2 amide bonds. The van der Waals surface area contributed by atoms with Crippen LogP contribution >= 0.6 is 0 Å². The van der Waals surface area contributed by atoms with Crippen LogP contribution in [0.4, 0.5) is 4.79 Å². The van der Waals surface area contributed by atoms with Crippen LogP contribution in [0.25, 0.3) is 11.1 Å². The number of carbonyl (C=O) groups is 3. The Morgan fingerprint density at radius 3 is 2.16 bits per heavy atom. The summed E-state index contributed by atoms with van der Waals surface area (Å²) in [7, 11) is 0. The van der Waals surface area contributed by atoms with E-state index >= 15 is 0 Å². The first-order valence-corrected chi connectivity index (χ1v) is 10.6. The zero-order valence-electron chi connectivity index (χ0n) is 17.4. The molecule has 2 aliphatic rings. The second-order valence-corrected chi connectivity index (χ2v) is 8.23. The van der Waals surface area contributed by atoms with Gasteiger partial charge in [0.05, 0.1) is 5.41 Å². The number of fused-ring (bicyclic) bond motifs is 3. The summed E-state index contributed by atoms with van der Waals surface area (Å²) in [6.07, 6.45) is 0.817. The van der Waals surface area contributed by atoms with Crippen molar-refractivity contribution in [2.45, 2.75) is 38.1 Å². The number of hydrogen-bond donors (Lipinski definition) is 3. The standard InChI is InChI=1S/C24H26N2O5/c1-2-20(21(27)25-14-24(11-12-24)22(28)29)26-23(30)31-13-19-17-9-5-3-7-15(17)16-8-4-6-10-18(16)19/h3-10,19-20H,2,11-14H2,1H3,(H,25,27)(H,26,30)(H,28,29)/t20-/m0/s1. The molecule has 0 spiro atoms. The highest BCUT2D eigenvalue weighted by Crippen LogP contribution is 2.45. The molecule has 1 atom stereocenters. The lowest BCUT2D eigenvalue weighted by Gasteiger charge is -2.19. The number of benzene rings is 2. The first-order valence-electron chi connectivity index (χ1n) is 10.6. The third-order valence-electron chi connectivity index (χ3n) is 6.27. The molecule has 0 saturated heterocycles. The predicted octanol–water partition coefficient (Wildman–Crippen LogP) is 3.28. The molecule has 7 heteroatoms. The largest absolute Gasteiger partial charge is 0.481 e. The number of hydrogen-bond acceptors (Lipinski definition) is 4. The number of aliphatic carboxylic acids is 1. The Labute approximate surface area is 180 Å². The molecule has 0 radical (unpaired) electrons. The summed E-state index contributed by atoms with van der Waals surface area (Å²) in [6.45, 7) is 2.02. The Morgan fingerprint density at radius 2 is 1.65 bits per heavy atom. The van der Waals surface area contributed by atoms with Crippen LogP contribution in [-0.4, -0.2) is 42.3 Å². The SMILES string of the molecule is CC[C@H](NC(=O)OCC1c2ccccc2-c2ccccc21)C(=O)NCC1(C(=O)O)CC1. The van der Waals surface area contributed by atoms with Crippen molar-refractivity contribution in [3.63, 3.8) is 0 Å². The summed E-state index contributed by atoms with van der Waals surface area (Å²) in [5.74, 6) is -1.36. The molecule has 0 aliphatic heterocycles. The van der Waals surface area contributed by atoms with Gasteiger partial charge in [-0.05, 0) is 41.5 Å². The lowest BCUT2D eigenvalue weighted by atomic mass is 9.98. The summed E-state index contributed by atoms with van der Waals surface area (Å²) >= 11 is 0. The highest BCUT2D eigenvalue weighted by Gasteiger charge is 2.50. The second-order valence-electron chi connectivity index (χ2n) is 8.23. The molecule has 1 saturated carbocycles. The maximum Gasteiger partial charge on any atom is 0.407 e. The van der Waals surface area contributed by atoms with E-state index in [0.29, 0.717) is 19.3 Å². The predicted molar refractivity (Wildman–Crippen MR) is 115 cm³/mol. The summed E-state index contributed by atoms with van der Waals surface area (Å²) in [5, 5.41) is 14.5. The fourth-order valence-electron chi connectivity index (χ4n) is 4.13. The molecule has 7 nitrogen and oxygen atoms in total. The topological polar surface area (TPSA) is 105 Å². The summed E-state index contributed by atoms with van der Waals surface area (Å²) < 4.78 is 5.49. The van der Waals surface area contributed by atoms with Crippen molar-refractivity contribution in [3.8, 4) is 11.1 Å². The van der Waals surface area contributed by atoms with Gasteiger partial charge in [-0.2, -0.15) is 0 Å². The molecule has 31 heavy (non-hydrogen) atoms. The van der Waals surface area contributed by atoms with E-state index in [1.807, 2.05) is 36.4 Å².